The number of anilines is 2. The third-order valence-corrected chi connectivity index (χ3v) is 4.86. The van der Waals surface area contributed by atoms with Gasteiger partial charge >= 0.3 is 6.03 Å². The summed E-state index contributed by atoms with van der Waals surface area (Å²) in [6, 6.07) is 16.6. The van der Waals surface area contributed by atoms with Crippen LogP contribution in [0.25, 0.3) is 16.9 Å². The van der Waals surface area contributed by atoms with E-state index in [1.165, 1.54) is 12.8 Å². The molecule has 0 bridgehead atoms. The van der Waals surface area contributed by atoms with Gasteiger partial charge in [0.1, 0.15) is 11.4 Å². The molecule has 0 saturated heterocycles. The number of nitrogen functional groups attached to an aromatic ring is 1. The molecule has 2 aromatic carbocycles. The van der Waals surface area contributed by atoms with Crippen LogP contribution in [0.5, 0.6) is 0 Å². The molecule has 138 valence electrons. The molecule has 0 atom stereocenters. The van der Waals surface area contributed by atoms with Crippen molar-refractivity contribution < 1.29 is 4.79 Å². The average Bonchev–Trinajstić information content (AvgIpc) is 3.46. The summed E-state index contributed by atoms with van der Waals surface area (Å²) in [5, 5.41) is 10.9. The second-order valence-electron chi connectivity index (χ2n) is 6.62. The standard InChI is InChI=1S/C20H20ClN5O/c21-15-8-4-5-9-16(15)26-19(22)18(24-20(27)23-12-13-10-11-13)17(25-26)14-6-2-1-3-7-14/h1-9,13H,10-12,22H2,(H2,23,24,27). The van der Waals surface area contributed by atoms with Crippen molar-refractivity contribution in [1.82, 2.24) is 15.1 Å². The molecule has 1 aliphatic rings. The van der Waals surface area contributed by atoms with Crippen LogP contribution in [-0.2, 0) is 0 Å². The Balaban J connectivity index is 1.73. The highest BCUT2D eigenvalue weighted by molar-refractivity contribution is 6.32. The van der Waals surface area contributed by atoms with Crippen LogP contribution in [0.1, 0.15) is 12.8 Å². The van der Waals surface area contributed by atoms with E-state index in [2.05, 4.69) is 15.7 Å². The Morgan fingerprint density at radius 2 is 1.85 bits per heavy atom. The van der Waals surface area contributed by atoms with Crippen LogP contribution in [0.3, 0.4) is 0 Å². The number of carbonyl (C=O) groups is 1. The van der Waals surface area contributed by atoms with Crippen molar-refractivity contribution in [2.24, 2.45) is 5.92 Å². The maximum Gasteiger partial charge on any atom is 0.319 e. The molecule has 0 radical (unpaired) electrons. The molecule has 0 unspecified atom stereocenters. The second-order valence-corrected chi connectivity index (χ2v) is 7.02. The number of nitrogens with one attached hydrogen (secondary N) is 2. The number of benzene rings is 2. The first kappa shape index (κ1) is 17.4. The van der Waals surface area contributed by atoms with E-state index in [0.717, 1.165) is 5.56 Å². The maximum absolute atomic E-state index is 12.4. The fourth-order valence-corrected chi connectivity index (χ4v) is 3.09. The van der Waals surface area contributed by atoms with Gasteiger partial charge in [-0.1, -0.05) is 54.1 Å². The molecule has 4 N–H and O–H groups in total. The molecule has 27 heavy (non-hydrogen) atoms. The molecular formula is C20H20ClN5O. The minimum absolute atomic E-state index is 0.288. The number of nitrogens with two attached hydrogens (primary N) is 1. The minimum atomic E-state index is -0.288. The fourth-order valence-electron chi connectivity index (χ4n) is 2.88. The Hall–Kier alpha value is -2.99. The normalized spacial score (nSPS) is 13.4. The lowest BCUT2D eigenvalue weighted by Crippen LogP contribution is -2.30. The van der Waals surface area contributed by atoms with Gasteiger partial charge in [-0.3, -0.25) is 0 Å². The van der Waals surface area contributed by atoms with Crippen molar-refractivity contribution in [2.75, 3.05) is 17.6 Å². The minimum Gasteiger partial charge on any atom is -0.382 e. The summed E-state index contributed by atoms with van der Waals surface area (Å²) < 4.78 is 1.56. The Morgan fingerprint density at radius 1 is 1.15 bits per heavy atom. The number of urea groups is 1. The van der Waals surface area contributed by atoms with Crippen LogP contribution in [0, 0.1) is 5.92 Å². The van der Waals surface area contributed by atoms with Gasteiger partial charge in [-0.15, -0.1) is 0 Å². The number of hydrogen-bond acceptors (Lipinski definition) is 3. The van der Waals surface area contributed by atoms with E-state index in [1.54, 1.807) is 10.7 Å². The summed E-state index contributed by atoms with van der Waals surface area (Å²) in [4.78, 5) is 12.4. The van der Waals surface area contributed by atoms with E-state index in [4.69, 9.17) is 17.3 Å². The molecule has 1 fully saturated rings. The smallest absolute Gasteiger partial charge is 0.319 e. The van der Waals surface area contributed by atoms with E-state index in [-0.39, 0.29) is 6.03 Å². The van der Waals surface area contributed by atoms with Gasteiger partial charge in [0.15, 0.2) is 5.82 Å². The summed E-state index contributed by atoms with van der Waals surface area (Å²) in [6.07, 6.45) is 2.34. The first-order chi connectivity index (χ1) is 13.1. The number of rotatable bonds is 5. The molecular weight excluding hydrogens is 362 g/mol. The van der Waals surface area contributed by atoms with E-state index in [9.17, 15) is 4.79 Å². The molecule has 7 heteroatoms. The van der Waals surface area contributed by atoms with E-state index in [0.29, 0.717) is 40.4 Å². The number of nitrogens with zero attached hydrogens (tertiary/aromatic N) is 2. The van der Waals surface area contributed by atoms with Crippen molar-refractivity contribution in [1.29, 1.82) is 0 Å². The van der Waals surface area contributed by atoms with Crippen LogP contribution < -0.4 is 16.4 Å². The number of amides is 2. The van der Waals surface area contributed by atoms with Crippen LogP contribution in [0.4, 0.5) is 16.3 Å². The Kier molecular flexibility index (Phi) is 4.73. The molecule has 6 nitrogen and oxygen atoms in total. The lowest BCUT2D eigenvalue weighted by atomic mass is 10.1. The van der Waals surface area contributed by atoms with Crippen molar-refractivity contribution in [3.8, 4) is 16.9 Å². The van der Waals surface area contributed by atoms with Gasteiger partial charge in [0.2, 0.25) is 0 Å². The highest BCUT2D eigenvalue weighted by atomic mass is 35.5. The number of carbonyl (C=O) groups excluding carboxylic acids is 1. The summed E-state index contributed by atoms with van der Waals surface area (Å²) >= 11 is 6.32. The lowest BCUT2D eigenvalue weighted by molar-refractivity contribution is 0.251. The number of hydrogen-bond donors (Lipinski definition) is 3. The molecule has 1 aliphatic carbocycles. The van der Waals surface area contributed by atoms with Gasteiger partial charge < -0.3 is 16.4 Å². The van der Waals surface area contributed by atoms with Crippen molar-refractivity contribution in [3.63, 3.8) is 0 Å². The Bertz CT molecular complexity index is 966. The lowest BCUT2D eigenvalue weighted by Gasteiger charge is -2.09. The van der Waals surface area contributed by atoms with Gasteiger partial charge in [-0.25, -0.2) is 9.48 Å². The number of halogens is 1. The Labute approximate surface area is 162 Å². The maximum atomic E-state index is 12.4. The fraction of sp³-hybridized carbons (Fsp3) is 0.200. The van der Waals surface area contributed by atoms with Gasteiger partial charge in [0.05, 0.1) is 10.7 Å². The van der Waals surface area contributed by atoms with Crippen LogP contribution in [0.15, 0.2) is 54.6 Å². The largest absolute Gasteiger partial charge is 0.382 e. The topological polar surface area (TPSA) is 85.0 Å². The molecule has 1 heterocycles. The predicted octanol–water partition coefficient (Wildman–Crippen LogP) is 4.31. The zero-order valence-corrected chi connectivity index (χ0v) is 15.4. The van der Waals surface area contributed by atoms with Gasteiger partial charge in [-0.2, -0.15) is 5.10 Å². The third-order valence-electron chi connectivity index (χ3n) is 4.54. The van der Waals surface area contributed by atoms with E-state index in [1.807, 2.05) is 48.5 Å². The summed E-state index contributed by atoms with van der Waals surface area (Å²) in [7, 11) is 0. The first-order valence-corrected chi connectivity index (χ1v) is 9.25. The molecule has 0 spiro atoms. The molecule has 2 amide bonds. The van der Waals surface area contributed by atoms with Crippen LogP contribution in [-0.4, -0.2) is 22.4 Å². The zero-order chi connectivity index (χ0) is 18.8. The number of aromatic nitrogens is 2. The SMILES string of the molecule is Nc1c(NC(=O)NCC2CC2)c(-c2ccccc2)nn1-c1ccccc1Cl. The predicted molar refractivity (Wildman–Crippen MR) is 108 cm³/mol. The molecule has 0 aliphatic heterocycles. The molecule has 1 saturated carbocycles. The summed E-state index contributed by atoms with van der Waals surface area (Å²) in [5.41, 5.74) is 8.92. The zero-order valence-electron chi connectivity index (χ0n) is 14.7. The van der Waals surface area contributed by atoms with Gasteiger partial charge in [0.25, 0.3) is 0 Å². The first-order valence-electron chi connectivity index (χ1n) is 8.87. The second kappa shape index (κ2) is 7.32. The molecule has 3 aromatic rings. The summed E-state index contributed by atoms with van der Waals surface area (Å²) in [6.45, 7) is 0.672. The van der Waals surface area contributed by atoms with Crippen LogP contribution in [0.2, 0.25) is 5.02 Å². The molecule has 1 aromatic heterocycles. The summed E-state index contributed by atoms with van der Waals surface area (Å²) in [5.74, 6) is 0.913. The van der Waals surface area contributed by atoms with Crippen LogP contribution >= 0.6 is 11.6 Å². The van der Waals surface area contributed by atoms with E-state index >= 15 is 0 Å². The Morgan fingerprint density at radius 3 is 2.56 bits per heavy atom. The van der Waals surface area contributed by atoms with Crippen molar-refractivity contribution in [2.45, 2.75) is 12.8 Å². The molecule has 4 rings (SSSR count). The monoisotopic (exact) mass is 381 g/mol. The highest BCUT2D eigenvalue weighted by Gasteiger charge is 2.24. The third kappa shape index (κ3) is 3.75. The van der Waals surface area contributed by atoms with Crippen molar-refractivity contribution >= 4 is 29.1 Å². The van der Waals surface area contributed by atoms with Gasteiger partial charge in [0, 0.05) is 12.1 Å². The quantitative estimate of drug-likeness (QED) is 0.615. The average molecular weight is 382 g/mol. The van der Waals surface area contributed by atoms with Gasteiger partial charge in [-0.05, 0) is 30.9 Å². The van der Waals surface area contributed by atoms with E-state index < -0.39 is 0 Å². The highest BCUT2D eigenvalue weighted by Crippen LogP contribution is 2.35. The number of para-hydroxylation sites is 1. The van der Waals surface area contributed by atoms with Crippen molar-refractivity contribution in [3.05, 3.63) is 59.6 Å².